The van der Waals surface area contributed by atoms with Gasteiger partial charge in [-0.05, 0) is 19.8 Å². The predicted molar refractivity (Wildman–Crippen MR) is 82.8 cm³/mol. The molecule has 1 aromatic heterocycles. The number of halogens is 3. The van der Waals surface area contributed by atoms with E-state index in [0.717, 1.165) is 6.42 Å². The Morgan fingerprint density at radius 3 is 2.88 bits per heavy atom. The average molecular weight is 348 g/mol. The van der Waals surface area contributed by atoms with Crippen molar-refractivity contribution in [2.45, 2.75) is 38.4 Å². The summed E-state index contributed by atoms with van der Waals surface area (Å²) in [6, 6.07) is -0.0304. The molecular weight excluding hydrogens is 325 g/mol. The summed E-state index contributed by atoms with van der Waals surface area (Å²) in [6.45, 7) is 2.35. The molecule has 0 bridgehead atoms. The number of rotatable bonds is 6. The molecule has 0 saturated carbocycles. The van der Waals surface area contributed by atoms with E-state index in [2.05, 4.69) is 25.8 Å². The highest BCUT2D eigenvalue weighted by atomic mass is 19.4. The van der Waals surface area contributed by atoms with Crippen LogP contribution in [-0.2, 0) is 6.42 Å². The number of aryl methyl sites for hydroxylation is 2. The van der Waals surface area contributed by atoms with Crippen molar-refractivity contribution in [3.8, 4) is 0 Å². The van der Waals surface area contributed by atoms with Gasteiger partial charge in [0.15, 0.2) is 11.8 Å². The molecule has 10 heteroatoms. The number of aliphatic imine (C=N–C) groups is 1. The van der Waals surface area contributed by atoms with Gasteiger partial charge in [-0.3, -0.25) is 9.89 Å². The average Bonchev–Trinajstić information content (AvgIpc) is 3.09. The number of hydrogen-bond donors (Lipinski definition) is 2. The van der Waals surface area contributed by atoms with Gasteiger partial charge < -0.3 is 15.2 Å². The highest BCUT2D eigenvalue weighted by molar-refractivity contribution is 5.79. The molecule has 1 unspecified atom stereocenters. The molecule has 1 aliphatic rings. The van der Waals surface area contributed by atoms with Crippen LogP contribution in [0.25, 0.3) is 0 Å². The minimum absolute atomic E-state index is 0.0304. The fraction of sp³-hybridized carbons (Fsp3) is 0.786. The molecule has 0 amide bonds. The summed E-state index contributed by atoms with van der Waals surface area (Å²) in [5, 5.41) is 10.0. The second-order valence-electron chi connectivity index (χ2n) is 5.82. The lowest BCUT2D eigenvalue weighted by Crippen LogP contribution is -2.45. The molecule has 7 nitrogen and oxygen atoms in total. The van der Waals surface area contributed by atoms with Crippen LogP contribution in [0.15, 0.2) is 9.52 Å². The molecule has 1 aliphatic heterocycles. The van der Waals surface area contributed by atoms with E-state index in [1.807, 2.05) is 0 Å². The molecule has 0 aromatic carbocycles. The first kappa shape index (κ1) is 18.5. The van der Waals surface area contributed by atoms with E-state index in [1.165, 1.54) is 4.90 Å². The van der Waals surface area contributed by atoms with E-state index in [1.54, 1.807) is 14.0 Å². The molecule has 1 fully saturated rings. The third-order valence-corrected chi connectivity index (χ3v) is 3.67. The Kier molecular flexibility index (Phi) is 6.41. The third-order valence-electron chi connectivity index (χ3n) is 3.67. The monoisotopic (exact) mass is 348 g/mol. The van der Waals surface area contributed by atoms with Gasteiger partial charge in [0, 0.05) is 39.1 Å². The quantitative estimate of drug-likeness (QED) is 0.456. The first-order valence-corrected chi connectivity index (χ1v) is 7.91. The van der Waals surface area contributed by atoms with Gasteiger partial charge in [0.2, 0.25) is 5.89 Å². The van der Waals surface area contributed by atoms with Crippen LogP contribution in [0.3, 0.4) is 0 Å². The summed E-state index contributed by atoms with van der Waals surface area (Å²) in [4.78, 5) is 9.63. The van der Waals surface area contributed by atoms with E-state index in [0.29, 0.717) is 50.2 Å². The molecular formula is C14H23F3N6O. The van der Waals surface area contributed by atoms with Crippen molar-refractivity contribution in [2.75, 3.05) is 33.2 Å². The maximum Gasteiger partial charge on any atom is 0.401 e. The van der Waals surface area contributed by atoms with E-state index in [-0.39, 0.29) is 6.04 Å². The second-order valence-corrected chi connectivity index (χ2v) is 5.82. The van der Waals surface area contributed by atoms with E-state index < -0.39 is 12.7 Å². The van der Waals surface area contributed by atoms with Gasteiger partial charge in [-0.2, -0.15) is 18.2 Å². The number of nitrogens with one attached hydrogen (secondary N) is 2. The molecule has 2 heterocycles. The smallest absolute Gasteiger partial charge is 0.356 e. The van der Waals surface area contributed by atoms with Gasteiger partial charge in [0.25, 0.3) is 0 Å². The Balaban J connectivity index is 1.65. The lowest BCUT2D eigenvalue weighted by molar-refractivity contribution is -0.143. The first-order chi connectivity index (χ1) is 11.4. The van der Waals surface area contributed by atoms with Crippen LogP contribution in [0, 0.1) is 6.92 Å². The number of hydrogen-bond acceptors (Lipinski definition) is 5. The van der Waals surface area contributed by atoms with Gasteiger partial charge in [-0.1, -0.05) is 5.16 Å². The lowest BCUT2D eigenvalue weighted by Gasteiger charge is -2.19. The van der Waals surface area contributed by atoms with Crippen molar-refractivity contribution >= 4 is 5.96 Å². The highest BCUT2D eigenvalue weighted by Crippen LogP contribution is 2.19. The molecule has 0 aliphatic carbocycles. The minimum atomic E-state index is -4.15. The van der Waals surface area contributed by atoms with E-state index in [9.17, 15) is 13.2 Å². The van der Waals surface area contributed by atoms with Gasteiger partial charge in [-0.15, -0.1) is 0 Å². The fourth-order valence-corrected chi connectivity index (χ4v) is 2.62. The Bertz CT molecular complexity index is 545. The Morgan fingerprint density at radius 2 is 2.25 bits per heavy atom. The van der Waals surface area contributed by atoms with Crippen molar-refractivity contribution in [2.24, 2.45) is 4.99 Å². The summed E-state index contributed by atoms with van der Waals surface area (Å²) in [5.41, 5.74) is 0. The van der Waals surface area contributed by atoms with Gasteiger partial charge >= 0.3 is 6.18 Å². The van der Waals surface area contributed by atoms with Crippen molar-refractivity contribution < 1.29 is 17.7 Å². The molecule has 24 heavy (non-hydrogen) atoms. The first-order valence-electron chi connectivity index (χ1n) is 7.91. The van der Waals surface area contributed by atoms with Gasteiger partial charge in [0.1, 0.15) is 0 Å². The number of aromatic nitrogens is 2. The zero-order valence-electron chi connectivity index (χ0n) is 13.9. The molecule has 2 N–H and O–H groups in total. The van der Waals surface area contributed by atoms with Crippen LogP contribution in [0.1, 0.15) is 24.6 Å². The standard InChI is InChI=1S/C14H23F3N6O/c1-10-20-12(24-22-10)4-3-6-19-13(18-2)21-11-5-7-23(8-11)9-14(15,16)17/h11H,3-9H2,1-2H3,(H2,18,19,21). The number of likely N-dealkylation sites (tertiary alicyclic amines) is 1. The molecule has 1 atom stereocenters. The van der Waals surface area contributed by atoms with Crippen molar-refractivity contribution in [3.05, 3.63) is 11.7 Å². The van der Waals surface area contributed by atoms with Gasteiger partial charge in [0.05, 0.1) is 6.54 Å². The Morgan fingerprint density at radius 1 is 1.46 bits per heavy atom. The predicted octanol–water partition coefficient (Wildman–Crippen LogP) is 1.11. The number of guanidine groups is 1. The normalized spacial score (nSPS) is 19.7. The number of alkyl halides is 3. The summed E-state index contributed by atoms with van der Waals surface area (Å²) < 4.78 is 42.2. The van der Waals surface area contributed by atoms with Gasteiger partial charge in [-0.25, -0.2) is 0 Å². The summed E-state index contributed by atoms with van der Waals surface area (Å²) in [6.07, 6.45) is -2.04. The van der Waals surface area contributed by atoms with Crippen molar-refractivity contribution in [3.63, 3.8) is 0 Å². The van der Waals surface area contributed by atoms with Crippen LogP contribution in [0.2, 0.25) is 0 Å². The van der Waals surface area contributed by atoms with E-state index >= 15 is 0 Å². The molecule has 0 spiro atoms. The van der Waals surface area contributed by atoms with Crippen LogP contribution < -0.4 is 10.6 Å². The molecule has 136 valence electrons. The minimum Gasteiger partial charge on any atom is -0.356 e. The van der Waals surface area contributed by atoms with Crippen LogP contribution in [0.5, 0.6) is 0 Å². The molecule has 2 rings (SSSR count). The second kappa shape index (κ2) is 8.32. The van der Waals surface area contributed by atoms with Crippen molar-refractivity contribution in [1.82, 2.24) is 25.7 Å². The third kappa shape index (κ3) is 6.34. The molecule has 1 aromatic rings. The highest BCUT2D eigenvalue weighted by Gasteiger charge is 2.34. The zero-order valence-corrected chi connectivity index (χ0v) is 13.9. The Hall–Kier alpha value is -1.84. The number of nitrogens with zero attached hydrogens (tertiary/aromatic N) is 4. The maximum atomic E-state index is 12.4. The van der Waals surface area contributed by atoms with Crippen LogP contribution >= 0.6 is 0 Å². The van der Waals surface area contributed by atoms with Crippen molar-refractivity contribution in [1.29, 1.82) is 0 Å². The SMILES string of the molecule is CN=C(NCCCc1nc(C)no1)NC1CCN(CC(F)(F)F)C1. The fourth-order valence-electron chi connectivity index (χ4n) is 2.62. The van der Waals surface area contributed by atoms with Crippen LogP contribution in [0.4, 0.5) is 13.2 Å². The topological polar surface area (TPSA) is 78.6 Å². The summed E-state index contributed by atoms with van der Waals surface area (Å²) in [5.74, 6) is 1.80. The lowest BCUT2D eigenvalue weighted by atomic mass is 10.2. The summed E-state index contributed by atoms with van der Waals surface area (Å²) in [7, 11) is 1.64. The largest absolute Gasteiger partial charge is 0.401 e. The van der Waals surface area contributed by atoms with Crippen LogP contribution in [-0.4, -0.2) is 66.4 Å². The van der Waals surface area contributed by atoms with E-state index in [4.69, 9.17) is 4.52 Å². The molecule has 1 saturated heterocycles. The molecule has 0 radical (unpaired) electrons. The maximum absolute atomic E-state index is 12.4. The Labute approximate surface area is 138 Å². The summed E-state index contributed by atoms with van der Waals surface area (Å²) >= 11 is 0. The zero-order chi connectivity index (χ0) is 17.6.